The summed E-state index contributed by atoms with van der Waals surface area (Å²) in [7, 11) is 2.96. The van der Waals surface area contributed by atoms with Gasteiger partial charge >= 0.3 is 0 Å². The second kappa shape index (κ2) is 17.9. The van der Waals surface area contributed by atoms with Crippen LogP contribution in [0.2, 0.25) is 0 Å². The molecule has 48 heavy (non-hydrogen) atoms. The first-order valence-electron chi connectivity index (χ1n) is 17.3. The summed E-state index contributed by atoms with van der Waals surface area (Å²) >= 11 is 0. The number of carbonyl (C=O) groups excluding carboxylic acids is 1. The van der Waals surface area contributed by atoms with E-state index in [-0.39, 0.29) is 48.4 Å². The Hall–Kier alpha value is -3.33. The Bertz CT molecular complexity index is 1320. The van der Waals surface area contributed by atoms with Crippen molar-refractivity contribution in [2.24, 2.45) is 17.6 Å². The Balaban J connectivity index is 1.17. The number of aliphatic hydroxyl groups is 1. The number of rotatable bonds is 20. The van der Waals surface area contributed by atoms with Crippen molar-refractivity contribution in [3.63, 3.8) is 0 Å². The third kappa shape index (κ3) is 8.63. The lowest BCUT2D eigenvalue weighted by atomic mass is 9.65. The van der Waals surface area contributed by atoms with Crippen molar-refractivity contribution in [1.29, 1.82) is 0 Å². The number of carbonyl (C=O) groups is 1. The highest BCUT2D eigenvalue weighted by Crippen LogP contribution is 2.56. The van der Waals surface area contributed by atoms with Gasteiger partial charge < -0.3 is 60.9 Å². The maximum absolute atomic E-state index is 13.3. The zero-order chi connectivity index (χ0) is 33.9. The van der Waals surface area contributed by atoms with Gasteiger partial charge in [0.05, 0.1) is 26.9 Å². The molecule has 5 rings (SSSR count). The first-order valence-corrected chi connectivity index (χ1v) is 17.3. The summed E-state index contributed by atoms with van der Waals surface area (Å²) in [5.41, 5.74) is 8.04. The van der Waals surface area contributed by atoms with E-state index in [2.05, 4.69) is 21.3 Å². The van der Waals surface area contributed by atoms with Crippen LogP contribution in [0.1, 0.15) is 67.2 Å². The van der Waals surface area contributed by atoms with Gasteiger partial charge in [0.1, 0.15) is 0 Å². The van der Waals surface area contributed by atoms with Crippen LogP contribution in [0, 0.1) is 11.8 Å². The maximum atomic E-state index is 13.3. The predicted octanol–water partition coefficient (Wildman–Crippen LogP) is 2.09. The van der Waals surface area contributed by atoms with E-state index < -0.39 is 18.2 Å². The molecule has 1 amide bonds. The number of nitrogens with two attached hydrogens (primary N) is 1. The topological polar surface area (TPSA) is 178 Å². The standard InChI is InChI=1S/C35H53N5O8/c1-44-28-16-22(17-29(45-2)34(28)42)31-23-18-26-27(48-21-47-26)19-24(23)33(25-20-46-35(43)32(25)31)40-30(41)8-5-12-39-15-7-14-38-11-4-3-10-37-13-6-9-36/h16-19,25,31-33,35,37-39,42-43H,3-15,20-21,36H2,1-2H3,(H,40,41)/t25-,31+,32-,33+,35?/m0/s1. The van der Waals surface area contributed by atoms with Crippen molar-refractivity contribution < 1.29 is 38.7 Å². The molecule has 5 atom stereocenters. The van der Waals surface area contributed by atoms with Crippen LogP contribution in [0.3, 0.4) is 0 Å². The van der Waals surface area contributed by atoms with Gasteiger partial charge in [-0.3, -0.25) is 4.79 Å². The molecule has 2 aromatic carbocycles. The number of unbranched alkanes of at least 4 members (excludes halogenated alkanes) is 1. The minimum atomic E-state index is -1.06. The molecule has 1 aliphatic carbocycles. The van der Waals surface area contributed by atoms with Crippen molar-refractivity contribution >= 4 is 5.91 Å². The number of hydrogen-bond donors (Lipinski definition) is 7. The van der Waals surface area contributed by atoms with Gasteiger partial charge in [-0.1, -0.05) is 0 Å². The molecule has 13 nitrogen and oxygen atoms in total. The zero-order valence-corrected chi connectivity index (χ0v) is 28.2. The Kier molecular flexibility index (Phi) is 13.4. The van der Waals surface area contributed by atoms with E-state index in [4.69, 9.17) is 29.4 Å². The monoisotopic (exact) mass is 671 g/mol. The van der Waals surface area contributed by atoms with E-state index in [1.54, 1.807) is 12.1 Å². The Labute approximate surface area is 283 Å². The zero-order valence-electron chi connectivity index (χ0n) is 28.2. The number of fused-ring (bicyclic) bond motifs is 3. The number of hydrogen-bond acceptors (Lipinski definition) is 12. The summed E-state index contributed by atoms with van der Waals surface area (Å²) in [6.07, 6.45) is 4.38. The minimum absolute atomic E-state index is 0.0591. The van der Waals surface area contributed by atoms with E-state index in [9.17, 15) is 15.0 Å². The molecule has 1 saturated heterocycles. The molecule has 8 N–H and O–H groups in total. The SMILES string of the molecule is COc1cc([C@@H]2c3cc4c(cc3[C@@H](NC(=O)CCCNCCCNCCCCNCCCN)[C@H]3COC(O)[C@H]23)OCO4)cc(OC)c1O. The molecule has 0 saturated carbocycles. The molecule has 1 unspecified atom stereocenters. The number of benzene rings is 2. The number of aromatic hydroxyl groups is 1. The largest absolute Gasteiger partial charge is 0.502 e. The van der Waals surface area contributed by atoms with E-state index in [0.717, 1.165) is 88.2 Å². The molecule has 13 heteroatoms. The lowest BCUT2D eigenvalue weighted by Crippen LogP contribution is -2.43. The number of ether oxygens (including phenoxy) is 5. The Morgan fingerprint density at radius 2 is 1.44 bits per heavy atom. The van der Waals surface area contributed by atoms with Crippen molar-refractivity contribution in [3.05, 3.63) is 41.0 Å². The van der Waals surface area contributed by atoms with Crippen LogP contribution in [-0.2, 0) is 9.53 Å². The van der Waals surface area contributed by atoms with E-state index >= 15 is 0 Å². The number of amides is 1. The van der Waals surface area contributed by atoms with E-state index in [1.807, 2.05) is 12.1 Å². The normalized spacial score (nSPS) is 22.3. The molecule has 0 bridgehead atoms. The second-order valence-corrected chi connectivity index (χ2v) is 12.7. The number of methoxy groups -OCH3 is 2. The Morgan fingerprint density at radius 3 is 2.06 bits per heavy atom. The minimum Gasteiger partial charge on any atom is -0.502 e. The summed E-state index contributed by atoms with van der Waals surface area (Å²) in [5, 5.41) is 35.4. The first-order chi connectivity index (χ1) is 23.5. The molecular formula is C35H53N5O8. The third-order valence-corrected chi connectivity index (χ3v) is 9.50. The number of nitrogens with one attached hydrogen (secondary N) is 4. The van der Waals surface area contributed by atoms with Crippen LogP contribution in [0.5, 0.6) is 28.7 Å². The smallest absolute Gasteiger partial charge is 0.231 e. The van der Waals surface area contributed by atoms with Gasteiger partial charge in [-0.05, 0) is 119 Å². The summed E-state index contributed by atoms with van der Waals surface area (Å²) in [4.78, 5) is 13.3. The van der Waals surface area contributed by atoms with Crippen molar-refractivity contribution in [1.82, 2.24) is 21.3 Å². The molecule has 1 fully saturated rings. The first kappa shape index (κ1) is 36.0. The van der Waals surface area contributed by atoms with Crippen LogP contribution in [0.15, 0.2) is 24.3 Å². The highest BCUT2D eigenvalue weighted by molar-refractivity contribution is 5.77. The second-order valence-electron chi connectivity index (χ2n) is 12.7. The average Bonchev–Trinajstić information content (AvgIpc) is 3.72. The van der Waals surface area contributed by atoms with Gasteiger partial charge in [-0.25, -0.2) is 0 Å². The predicted molar refractivity (Wildman–Crippen MR) is 181 cm³/mol. The maximum Gasteiger partial charge on any atom is 0.231 e. The van der Waals surface area contributed by atoms with Crippen molar-refractivity contribution in [3.8, 4) is 28.7 Å². The molecular weight excluding hydrogens is 618 g/mol. The lowest BCUT2D eigenvalue weighted by Gasteiger charge is -2.41. The Morgan fingerprint density at radius 1 is 0.854 bits per heavy atom. The fourth-order valence-electron chi connectivity index (χ4n) is 7.06. The number of aliphatic hydroxyl groups excluding tert-OH is 1. The lowest BCUT2D eigenvalue weighted by molar-refractivity contribution is -0.122. The highest BCUT2D eigenvalue weighted by atomic mass is 16.7. The quantitative estimate of drug-likeness (QED) is 0.102. The van der Waals surface area contributed by atoms with E-state index in [1.165, 1.54) is 14.2 Å². The van der Waals surface area contributed by atoms with Crippen LogP contribution in [0.25, 0.3) is 0 Å². The van der Waals surface area contributed by atoms with Crippen LogP contribution in [0.4, 0.5) is 0 Å². The number of phenolic OH excluding ortho intramolecular Hbond substituents is 1. The van der Waals surface area contributed by atoms with Crippen LogP contribution >= 0.6 is 0 Å². The fraction of sp³-hybridized carbons (Fsp3) is 0.629. The van der Waals surface area contributed by atoms with Gasteiger partial charge in [-0.2, -0.15) is 0 Å². The van der Waals surface area contributed by atoms with Crippen molar-refractivity contribution in [2.75, 3.05) is 73.4 Å². The average molecular weight is 672 g/mol. The van der Waals surface area contributed by atoms with Gasteiger partial charge in [0.2, 0.25) is 18.4 Å². The van der Waals surface area contributed by atoms with E-state index in [0.29, 0.717) is 24.3 Å². The van der Waals surface area contributed by atoms with Crippen LogP contribution in [-0.4, -0.2) is 95.8 Å². The van der Waals surface area contributed by atoms with Gasteiger partial charge in [0.25, 0.3) is 0 Å². The molecule has 2 heterocycles. The summed E-state index contributed by atoms with van der Waals surface area (Å²) in [6.45, 7) is 6.78. The third-order valence-electron chi connectivity index (χ3n) is 9.50. The molecule has 266 valence electrons. The van der Waals surface area contributed by atoms with Gasteiger partial charge in [0.15, 0.2) is 29.3 Å². The summed E-state index contributed by atoms with van der Waals surface area (Å²) in [6, 6.07) is 6.97. The number of phenols is 1. The van der Waals surface area contributed by atoms with Gasteiger partial charge in [0, 0.05) is 24.2 Å². The van der Waals surface area contributed by atoms with Crippen molar-refractivity contribution in [2.45, 2.75) is 56.8 Å². The molecule has 0 spiro atoms. The van der Waals surface area contributed by atoms with Gasteiger partial charge in [-0.15, -0.1) is 0 Å². The highest BCUT2D eigenvalue weighted by Gasteiger charge is 2.52. The summed E-state index contributed by atoms with van der Waals surface area (Å²) in [5.74, 6) is 0.591. The van der Waals surface area contributed by atoms with Crippen LogP contribution < -0.4 is 45.9 Å². The molecule has 2 aromatic rings. The molecule has 0 radical (unpaired) electrons. The summed E-state index contributed by atoms with van der Waals surface area (Å²) < 4.78 is 28.2. The molecule has 0 aromatic heterocycles. The molecule has 2 aliphatic heterocycles. The molecule has 3 aliphatic rings. The fourth-order valence-corrected chi connectivity index (χ4v) is 7.06.